The highest BCUT2D eigenvalue weighted by Crippen LogP contribution is 2.32. The molecule has 0 spiro atoms. The maximum Gasteiger partial charge on any atom is 0.233 e. The largest absolute Gasteiger partial charge is 0.506 e. The van der Waals surface area contributed by atoms with Gasteiger partial charge >= 0.3 is 0 Å². The van der Waals surface area contributed by atoms with Gasteiger partial charge in [0.1, 0.15) is 5.75 Å². The van der Waals surface area contributed by atoms with Crippen molar-refractivity contribution < 1.29 is 9.90 Å². The van der Waals surface area contributed by atoms with E-state index in [2.05, 4.69) is 10.6 Å². The van der Waals surface area contributed by atoms with Gasteiger partial charge < -0.3 is 15.7 Å². The number of anilines is 2. The fourth-order valence-corrected chi connectivity index (χ4v) is 2.51. The molecule has 0 fully saturated rings. The molecule has 102 valence electrons. The number of nitrogens with one attached hydrogen (secondary N) is 2. The molecule has 1 unspecified atom stereocenters. The summed E-state index contributed by atoms with van der Waals surface area (Å²) in [7, 11) is 0. The van der Waals surface area contributed by atoms with E-state index >= 15 is 0 Å². The summed E-state index contributed by atoms with van der Waals surface area (Å²) in [6.45, 7) is 0.580. The minimum Gasteiger partial charge on any atom is -0.506 e. The first kappa shape index (κ1) is 12.8. The zero-order chi connectivity index (χ0) is 14.1. The molecule has 20 heavy (non-hydrogen) atoms. The number of hydrogen-bond donors (Lipinski definition) is 3. The zero-order valence-electron chi connectivity index (χ0n) is 10.6. The van der Waals surface area contributed by atoms with Crippen molar-refractivity contribution in [2.75, 3.05) is 17.2 Å². The third-order valence-corrected chi connectivity index (χ3v) is 3.67. The summed E-state index contributed by atoms with van der Waals surface area (Å²) in [5, 5.41) is 15.6. The van der Waals surface area contributed by atoms with Gasteiger partial charge in [0.2, 0.25) is 5.91 Å². The monoisotopic (exact) mass is 288 g/mol. The molecule has 1 heterocycles. The number of carbonyl (C=O) groups excluding carboxylic acids is 1. The molecule has 1 atom stereocenters. The molecule has 2 aromatic carbocycles. The third-order valence-electron chi connectivity index (χ3n) is 3.36. The topological polar surface area (TPSA) is 61.4 Å². The maximum absolute atomic E-state index is 12.3. The predicted molar refractivity (Wildman–Crippen MR) is 79.4 cm³/mol. The second-order valence-electron chi connectivity index (χ2n) is 4.68. The molecule has 0 radical (unpaired) electrons. The summed E-state index contributed by atoms with van der Waals surface area (Å²) in [4.78, 5) is 12.3. The first-order chi connectivity index (χ1) is 9.65. The molecular weight excluding hydrogens is 276 g/mol. The van der Waals surface area contributed by atoms with E-state index in [0.29, 0.717) is 12.2 Å². The van der Waals surface area contributed by atoms with Gasteiger partial charge in [-0.25, -0.2) is 0 Å². The molecule has 4 nitrogen and oxygen atoms in total. The number of phenols is 1. The van der Waals surface area contributed by atoms with Crippen LogP contribution in [0.25, 0.3) is 0 Å². The van der Waals surface area contributed by atoms with Crippen molar-refractivity contribution >= 4 is 28.9 Å². The number of halogens is 1. The van der Waals surface area contributed by atoms with Crippen LogP contribution in [0, 0.1) is 0 Å². The minimum atomic E-state index is -0.223. The Labute approximate surface area is 121 Å². The van der Waals surface area contributed by atoms with Crippen LogP contribution in [0.1, 0.15) is 11.5 Å². The fourth-order valence-electron chi connectivity index (χ4n) is 2.33. The number of fused-ring (bicyclic) bond motifs is 1. The van der Waals surface area contributed by atoms with Gasteiger partial charge in [-0.05, 0) is 29.8 Å². The van der Waals surface area contributed by atoms with Crippen molar-refractivity contribution in [3.8, 4) is 5.75 Å². The number of amides is 1. The van der Waals surface area contributed by atoms with Crippen LogP contribution in [0.4, 0.5) is 11.4 Å². The maximum atomic E-state index is 12.3. The van der Waals surface area contributed by atoms with Gasteiger partial charge in [-0.15, -0.1) is 0 Å². The Morgan fingerprint density at radius 2 is 2.10 bits per heavy atom. The van der Waals surface area contributed by atoms with Crippen LogP contribution in [0.2, 0.25) is 5.02 Å². The van der Waals surface area contributed by atoms with Crippen LogP contribution in [-0.2, 0) is 4.79 Å². The second-order valence-corrected chi connectivity index (χ2v) is 5.08. The van der Waals surface area contributed by atoms with Crippen molar-refractivity contribution in [2.24, 2.45) is 0 Å². The molecule has 2 aromatic rings. The van der Waals surface area contributed by atoms with Crippen molar-refractivity contribution in [3.63, 3.8) is 0 Å². The fraction of sp³-hybridized carbons (Fsp3) is 0.133. The number of benzene rings is 2. The average Bonchev–Trinajstić information content (AvgIpc) is 2.87. The van der Waals surface area contributed by atoms with Crippen molar-refractivity contribution in [3.05, 3.63) is 53.1 Å². The summed E-state index contributed by atoms with van der Waals surface area (Å²) < 4.78 is 0. The van der Waals surface area contributed by atoms with Gasteiger partial charge in [-0.2, -0.15) is 0 Å². The van der Waals surface area contributed by atoms with Gasteiger partial charge in [-0.1, -0.05) is 29.8 Å². The Morgan fingerprint density at radius 3 is 2.90 bits per heavy atom. The van der Waals surface area contributed by atoms with E-state index in [1.54, 1.807) is 6.07 Å². The van der Waals surface area contributed by atoms with Gasteiger partial charge in [0, 0.05) is 17.9 Å². The van der Waals surface area contributed by atoms with Crippen LogP contribution in [0.15, 0.2) is 42.5 Å². The number of carbonyl (C=O) groups is 1. The van der Waals surface area contributed by atoms with Gasteiger partial charge in [0.05, 0.1) is 10.9 Å². The van der Waals surface area contributed by atoms with Crippen LogP contribution in [0.3, 0.4) is 0 Å². The lowest BCUT2D eigenvalue weighted by Crippen LogP contribution is -2.22. The van der Waals surface area contributed by atoms with Gasteiger partial charge in [-0.3, -0.25) is 4.79 Å². The smallest absolute Gasteiger partial charge is 0.233 e. The highest BCUT2D eigenvalue weighted by Gasteiger charge is 2.28. The lowest BCUT2D eigenvalue weighted by molar-refractivity contribution is -0.117. The van der Waals surface area contributed by atoms with E-state index < -0.39 is 0 Å². The summed E-state index contributed by atoms with van der Waals surface area (Å²) in [5.74, 6) is -0.319. The lowest BCUT2D eigenvalue weighted by Gasteiger charge is -2.11. The molecule has 0 bridgehead atoms. The van der Waals surface area contributed by atoms with Crippen molar-refractivity contribution in [1.29, 1.82) is 0 Å². The van der Waals surface area contributed by atoms with Crippen molar-refractivity contribution in [2.45, 2.75) is 5.92 Å². The summed E-state index contributed by atoms with van der Waals surface area (Å²) in [5.41, 5.74) is 2.56. The summed E-state index contributed by atoms with van der Waals surface area (Å²) in [6, 6.07) is 12.4. The Balaban J connectivity index is 1.79. The number of rotatable bonds is 2. The molecular formula is C15H13ClN2O2. The van der Waals surface area contributed by atoms with Gasteiger partial charge in [0.15, 0.2) is 0 Å². The Kier molecular flexibility index (Phi) is 3.24. The third kappa shape index (κ3) is 2.30. The number of phenolic OH excluding ortho intramolecular Hbond substituents is 1. The van der Waals surface area contributed by atoms with E-state index in [9.17, 15) is 9.90 Å². The number of para-hydroxylation sites is 1. The molecule has 3 rings (SSSR count). The van der Waals surface area contributed by atoms with Crippen LogP contribution < -0.4 is 10.6 Å². The van der Waals surface area contributed by atoms with Crippen molar-refractivity contribution in [1.82, 2.24) is 0 Å². The Morgan fingerprint density at radius 1 is 1.30 bits per heavy atom. The Bertz CT molecular complexity index is 673. The highest BCUT2D eigenvalue weighted by molar-refractivity contribution is 6.32. The van der Waals surface area contributed by atoms with E-state index in [4.69, 9.17) is 11.6 Å². The van der Waals surface area contributed by atoms with E-state index in [1.807, 2.05) is 24.3 Å². The quantitative estimate of drug-likeness (QED) is 0.744. The van der Waals surface area contributed by atoms with Crippen LogP contribution in [0.5, 0.6) is 5.75 Å². The summed E-state index contributed by atoms with van der Waals surface area (Å²) in [6.07, 6.45) is 0. The lowest BCUT2D eigenvalue weighted by atomic mass is 10.0. The SMILES string of the molecule is O=C(Nc1ccc(O)c(Cl)c1)C1CNc2ccccc21. The predicted octanol–water partition coefficient (Wildman–Crippen LogP) is 3.19. The second kappa shape index (κ2) is 5.06. The normalized spacial score (nSPS) is 16.4. The van der Waals surface area contributed by atoms with Gasteiger partial charge in [0.25, 0.3) is 0 Å². The molecule has 0 aromatic heterocycles. The first-order valence-electron chi connectivity index (χ1n) is 6.27. The minimum absolute atomic E-state index is 0.00227. The van der Waals surface area contributed by atoms with E-state index in [0.717, 1.165) is 11.3 Å². The number of aromatic hydroxyl groups is 1. The molecule has 1 aliphatic rings. The molecule has 0 saturated carbocycles. The van der Waals surface area contributed by atoms with Crippen LogP contribution in [-0.4, -0.2) is 17.6 Å². The number of hydrogen-bond acceptors (Lipinski definition) is 3. The molecule has 3 N–H and O–H groups in total. The van der Waals surface area contributed by atoms with E-state index in [-0.39, 0.29) is 22.6 Å². The molecule has 0 saturated heterocycles. The molecule has 1 aliphatic heterocycles. The van der Waals surface area contributed by atoms with E-state index in [1.165, 1.54) is 12.1 Å². The molecule has 5 heteroatoms. The first-order valence-corrected chi connectivity index (χ1v) is 6.65. The standard InChI is InChI=1S/C15H13ClN2O2/c16-12-7-9(5-6-14(12)19)18-15(20)11-8-17-13-4-2-1-3-10(11)13/h1-7,11,17,19H,8H2,(H,18,20). The average molecular weight is 289 g/mol. The Hall–Kier alpha value is -2.20. The zero-order valence-corrected chi connectivity index (χ0v) is 11.3. The highest BCUT2D eigenvalue weighted by atomic mass is 35.5. The molecule has 0 aliphatic carbocycles. The summed E-state index contributed by atoms with van der Waals surface area (Å²) >= 11 is 5.82. The molecule has 1 amide bonds. The van der Waals surface area contributed by atoms with Crippen LogP contribution >= 0.6 is 11.6 Å².